The monoisotopic (exact) mass is 601 g/mol. The first-order valence-corrected chi connectivity index (χ1v) is 16.3. The van der Waals surface area contributed by atoms with E-state index in [9.17, 15) is 26.4 Å². The average Bonchev–Trinajstić information content (AvgIpc) is 3.41. The number of hydrogen-bond donors (Lipinski definition) is 3. The molecule has 0 radical (unpaired) electrons. The van der Waals surface area contributed by atoms with Crippen molar-refractivity contribution in [3.05, 3.63) is 82.7 Å². The first kappa shape index (κ1) is 30.4. The summed E-state index contributed by atoms with van der Waals surface area (Å²) in [7, 11) is -4.39. The Morgan fingerprint density at radius 3 is 2.14 bits per heavy atom. The molecule has 1 fully saturated rings. The minimum atomic E-state index is -4.80. The molecule has 2 aromatic carbocycles. The van der Waals surface area contributed by atoms with Crippen molar-refractivity contribution in [2.45, 2.75) is 98.7 Å². The zero-order chi connectivity index (χ0) is 29.8. The van der Waals surface area contributed by atoms with Gasteiger partial charge in [-0.05, 0) is 54.3 Å². The number of sulfone groups is 1. The Balaban J connectivity index is 1.28. The molecule has 0 atom stereocenters. The normalized spacial score (nSPS) is 18.2. The maximum Gasteiger partial charge on any atom is 0.417 e. The van der Waals surface area contributed by atoms with Crippen molar-refractivity contribution in [2.24, 2.45) is 0 Å². The van der Waals surface area contributed by atoms with Crippen LogP contribution in [0.15, 0.2) is 64.4 Å². The summed E-state index contributed by atoms with van der Waals surface area (Å²) >= 11 is 0. The third kappa shape index (κ3) is 6.59. The largest absolute Gasteiger partial charge is 0.417 e. The summed E-state index contributed by atoms with van der Waals surface area (Å²) in [6.45, 7) is 1.77. The maximum atomic E-state index is 13.4. The van der Waals surface area contributed by atoms with Crippen molar-refractivity contribution in [1.82, 2.24) is 15.6 Å². The number of fused-ring (bicyclic) bond motifs is 2. The van der Waals surface area contributed by atoms with Crippen LogP contribution in [0.25, 0.3) is 0 Å². The molecule has 226 valence electrons. The summed E-state index contributed by atoms with van der Waals surface area (Å²) in [4.78, 5) is 15.6. The van der Waals surface area contributed by atoms with E-state index in [4.69, 9.17) is 0 Å². The van der Waals surface area contributed by atoms with Crippen LogP contribution in [0.1, 0.15) is 97.1 Å². The van der Waals surface area contributed by atoms with Gasteiger partial charge in [-0.15, -0.1) is 0 Å². The Morgan fingerprint density at radius 2 is 1.50 bits per heavy atom. The van der Waals surface area contributed by atoms with Crippen LogP contribution in [0.5, 0.6) is 0 Å². The lowest BCUT2D eigenvalue weighted by molar-refractivity contribution is -0.139. The number of benzene rings is 2. The van der Waals surface area contributed by atoms with Gasteiger partial charge in [0, 0.05) is 30.7 Å². The summed E-state index contributed by atoms with van der Waals surface area (Å²) < 4.78 is 66.3. The molecule has 2 heterocycles. The zero-order valence-electron chi connectivity index (χ0n) is 23.7. The van der Waals surface area contributed by atoms with Crippen molar-refractivity contribution in [3.63, 3.8) is 0 Å². The molecule has 6 nitrogen and oxygen atoms in total. The van der Waals surface area contributed by atoms with E-state index in [1.165, 1.54) is 87.4 Å². The van der Waals surface area contributed by atoms with Gasteiger partial charge in [0.25, 0.3) is 5.91 Å². The van der Waals surface area contributed by atoms with E-state index < -0.39 is 26.5 Å². The minimum absolute atomic E-state index is 0.00249. The van der Waals surface area contributed by atoms with E-state index >= 15 is 0 Å². The lowest BCUT2D eigenvalue weighted by atomic mass is 9.72. The van der Waals surface area contributed by atoms with Crippen LogP contribution >= 0.6 is 0 Å². The van der Waals surface area contributed by atoms with Crippen LogP contribution in [0.3, 0.4) is 0 Å². The molecule has 5 rings (SSSR count). The summed E-state index contributed by atoms with van der Waals surface area (Å²) in [6, 6.07) is 11.6. The fourth-order valence-corrected chi connectivity index (χ4v) is 7.90. The molecule has 2 aliphatic rings. The van der Waals surface area contributed by atoms with Gasteiger partial charge in [-0.3, -0.25) is 4.79 Å². The number of nitrogens with one attached hydrogen (secondary N) is 3. The number of H-pyrrole nitrogens is 1. The third-order valence-corrected chi connectivity index (χ3v) is 10.5. The molecule has 0 saturated heterocycles. The minimum Gasteiger partial charge on any atom is -0.354 e. The number of amides is 1. The van der Waals surface area contributed by atoms with E-state index in [0.29, 0.717) is 17.8 Å². The van der Waals surface area contributed by atoms with Crippen molar-refractivity contribution in [1.29, 1.82) is 0 Å². The van der Waals surface area contributed by atoms with Crippen molar-refractivity contribution in [2.75, 3.05) is 6.54 Å². The second kappa shape index (κ2) is 12.6. The molecule has 1 aliphatic carbocycles. The second-order valence-corrected chi connectivity index (χ2v) is 13.5. The van der Waals surface area contributed by atoms with Crippen LogP contribution in [-0.2, 0) is 34.5 Å². The number of carbonyl (C=O) groups excluding carboxylic acids is 1. The number of halogens is 3. The smallest absolute Gasteiger partial charge is 0.354 e. The summed E-state index contributed by atoms with van der Waals surface area (Å²) in [5.41, 5.74) is 2.24. The molecular formula is C32H38F3N3O3S. The molecule has 3 aromatic rings. The van der Waals surface area contributed by atoms with Crippen molar-refractivity contribution in [3.8, 4) is 0 Å². The molecule has 1 spiro atoms. The van der Waals surface area contributed by atoms with E-state index in [-0.39, 0.29) is 22.8 Å². The molecule has 3 N–H and O–H groups in total. The highest BCUT2D eigenvalue weighted by molar-refractivity contribution is 7.91. The summed E-state index contributed by atoms with van der Waals surface area (Å²) in [5, 5.41) is 6.48. The molecule has 1 aromatic heterocycles. The van der Waals surface area contributed by atoms with Gasteiger partial charge in [0.1, 0.15) is 5.69 Å². The first-order valence-electron chi connectivity index (χ1n) is 14.8. The first-order chi connectivity index (χ1) is 20.1. The number of rotatable bonds is 5. The number of aromatic amines is 1. The molecular weight excluding hydrogens is 563 g/mol. The predicted octanol–water partition coefficient (Wildman–Crippen LogP) is 7.05. The standard InChI is InChI=1S/C32H38F3N3O3S/c33-32(34,35)26-11-7-8-12-28(26)42(40,41)25-15-13-23(14-16-25)20-37-30(39)27-19-24-21-36-22-31(29(24)38-27)17-9-5-3-1-2-4-6-10-18-31/h7-8,11-16,19,36,38H,1-6,9-10,17-18,20-22H2,(H,37,39). The van der Waals surface area contributed by atoms with Crippen molar-refractivity contribution < 1.29 is 26.4 Å². The van der Waals surface area contributed by atoms with Crippen LogP contribution in [0, 0.1) is 0 Å². The fraction of sp³-hybridized carbons (Fsp3) is 0.469. The summed E-state index contributed by atoms with van der Waals surface area (Å²) in [5.74, 6) is -0.257. The highest BCUT2D eigenvalue weighted by Gasteiger charge is 2.39. The van der Waals surface area contributed by atoms with Gasteiger partial charge in [0.2, 0.25) is 9.84 Å². The van der Waals surface area contributed by atoms with E-state index in [0.717, 1.165) is 43.1 Å². The molecule has 1 amide bonds. The maximum absolute atomic E-state index is 13.4. The van der Waals surface area contributed by atoms with Gasteiger partial charge < -0.3 is 15.6 Å². The predicted molar refractivity (Wildman–Crippen MR) is 155 cm³/mol. The lowest BCUT2D eigenvalue weighted by Crippen LogP contribution is -2.43. The quantitative estimate of drug-likeness (QED) is 0.292. The van der Waals surface area contributed by atoms with Gasteiger partial charge in [0.15, 0.2) is 0 Å². The van der Waals surface area contributed by atoms with Crippen LogP contribution in [0.4, 0.5) is 13.2 Å². The zero-order valence-corrected chi connectivity index (χ0v) is 24.5. The van der Waals surface area contributed by atoms with Gasteiger partial charge in [-0.1, -0.05) is 75.6 Å². The topological polar surface area (TPSA) is 91.1 Å². The van der Waals surface area contributed by atoms with E-state index in [1.54, 1.807) is 0 Å². The van der Waals surface area contributed by atoms with E-state index in [1.807, 2.05) is 6.07 Å². The third-order valence-electron chi connectivity index (χ3n) is 8.68. The lowest BCUT2D eigenvalue weighted by Gasteiger charge is -2.38. The molecule has 1 saturated carbocycles. The SMILES string of the molecule is O=C(NCc1ccc(S(=O)(=O)c2ccccc2C(F)(F)F)cc1)c1cc2c([nH]1)C1(CCCCCCCCCC1)CNC2. The highest BCUT2D eigenvalue weighted by atomic mass is 32.2. The Labute approximate surface area is 245 Å². The van der Waals surface area contributed by atoms with Crippen molar-refractivity contribution >= 4 is 15.7 Å². The number of aromatic nitrogens is 1. The Bertz CT molecular complexity index is 1490. The number of hydrogen-bond acceptors (Lipinski definition) is 4. The molecule has 1 aliphatic heterocycles. The molecule has 42 heavy (non-hydrogen) atoms. The fourth-order valence-electron chi connectivity index (χ4n) is 6.42. The number of alkyl halides is 3. The molecule has 10 heteroatoms. The van der Waals surface area contributed by atoms with Crippen LogP contribution in [-0.4, -0.2) is 25.9 Å². The Morgan fingerprint density at radius 1 is 0.881 bits per heavy atom. The van der Waals surface area contributed by atoms with Crippen LogP contribution in [0.2, 0.25) is 0 Å². The van der Waals surface area contributed by atoms with E-state index in [2.05, 4.69) is 15.6 Å². The van der Waals surface area contributed by atoms with Gasteiger partial charge in [-0.25, -0.2) is 8.42 Å². The highest BCUT2D eigenvalue weighted by Crippen LogP contribution is 2.40. The molecule has 0 bridgehead atoms. The van der Waals surface area contributed by atoms with Gasteiger partial charge in [0.05, 0.1) is 15.4 Å². The Kier molecular flexibility index (Phi) is 9.13. The second-order valence-electron chi connectivity index (χ2n) is 11.6. The molecule has 0 unspecified atom stereocenters. The Hall–Kier alpha value is -3.11. The van der Waals surface area contributed by atoms with Crippen LogP contribution < -0.4 is 10.6 Å². The van der Waals surface area contributed by atoms with Gasteiger partial charge >= 0.3 is 6.18 Å². The number of carbonyl (C=O) groups is 1. The average molecular weight is 602 g/mol. The van der Waals surface area contributed by atoms with Gasteiger partial charge in [-0.2, -0.15) is 13.2 Å². The summed E-state index contributed by atoms with van der Waals surface area (Å²) in [6.07, 6.45) is 7.40.